The number of nitrogens with zero attached hydrogens (tertiary/aromatic N) is 3. The van der Waals surface area contributed by atoms with Gasteiger partial charge in [-0.25, -0.2) is 0 Å². The summed E-state index contributed by atoms with van der Waals surface area (Å²) in [5, 5.41) is 25.2. The van der Waals surface area contributed by atoms with Crippen LogP contribution < -0.4 is 10.2 Å². The monoisotopic (exact) mass is 370 g/mol. The van der Waals surface area contributed by atoms with Crippen LogP contribution in [-0.2, 0) is 0 Å². The largest absolute Gasteiger partial charge is 0.389 e. The van der Waals surface area contributed by atoms with Crippen molar-refractivity contribution in [1.82, 2.24) is 15.3 Å². The van der Waals surface area contributed by atoms with Gasteiger partial charge in [0.2, 0.25) is 0 Å². The predicted molar refractivity (Wildman–Crippen MR) is 107 cm³/mol. The summed E-state index contributed by atoms with van der Waals surface area (Å²) in [5.74, 6) is 0. The summed E-state index contributed by atoms with van der Waals surface area (Å²) in [5.41, 5.74) is 1.38. The Kier molecular flexibility index (Phi) is 5.30. The van der Waals surface area contributed by atoms with Gasteiger partial charge < -0.3 is 20.4 Å². The van der Waals surface area contributed by atoms with E-state index < -0.39 is 11.2 Å². The molecule has 2 aliphatic rings. The number of hydrogen-bond acceptors (Lipinski definition) is 6. The molecule has 0 spiro atoms. The van der Waals surface area contributed by atoms with Crippen LogP contribution in [0.15, 0.2) is 30.6 Å². The Balaban J connectivity index is 1.38. The number of nitrogens with one attached hydrogen (secondary N) is 1. The molecule has 27 heavy (non-hydrogen) atoms. The van der Waals surface area contributed by atoms with Crippen LogP contribution in [0.1, 0.15) is 44.9 Å². The Bertz CT molecular complexity index is 770. The number of pyridine rings is 2. The highest BCUT2D eigenvalue weighted by molar-refractivity contribution is 5.87. The second-order valence-electron chi connectivity index (χ2n) is 8.34. The lowest BCUT2D eigenvalue weighted by atomic mass is 9.94. The number of anilines is 1. The highest BCUT2D eigenvalue weighted by Gasteiger charge is 2.37. The lowest BCUT2D eigenvalue weighted by molar-refractivity contribution is 0.0130. The van der Waals surface area contributed by atoms with Crippen molar-refractivity contribution < 1.29 is 10.2 Å². The van der Waals surface area contributed by atoms with Crippen LogP contribution in [0.3, 0.4) is 0 Å². The topological polar surface area (TPSA) is 81.5 Å². The molecule has 1 aliphatic carbocycles. The van der Waals surface area contributed by atoms with Crippen LogP contribution in [0.2, 0.25) is 0 Å². The third kappa shape index (κ3) is 4.23. The maximum atomic E-state index is 11.0. The second-order valence-corrected chi connectivity index (χ2v) is 8.34. The fraction of sp³-hybridized carbons (Fsp3) is 0.619. The van der Waals surface area contributed by atoms with Gasteiger partial charge in [0.05, 0.1) is 22.4 Å². The van der Waals surface area contributed by atoms with Crippen molar-refractivity contribution in [3.8, 4) is 0 Å². The van der Waals surface area contributed by atoms with E-state index in [0.717, 1.165) is 48.9 Å². The minimum Gasteiger partial charge on any atom is -0.389 e. The Hall–Kier alpha value is -1.76. The van der Waals surface area contributed by atoms with E-state index in [0.29, 0.717) is 26.1 Å². The van der Waals surface area contributed by atoms with Gasteiger partial charge in [-0.05, 0) is 37.5 Å². The molecule has 2 fully saturated rings. The summed E-state index contributed by atoms with van der Waals surface area (Å²) in [6, 6.07) is 5.83. The van der Waals surface area contributed by atoms with Crippen molar-refractivity contribution in [2.45, 2.75) is 56.1 Å². The third-order valence-corrected chi connectivity index (χ3v) is 6.09. The summed E-state index contributed by atoms with van der Waals surface area (Å²) in [7, 11) is 0. The van der Waals surface area contributed by atoms with Crippen molar-refractivity contribution in [2.24, 2.45) is 0 Å². The molecule has 1 saturated carbocycles. The zero-order chi connectivity index (χ0) is 18.7. The number of aliphatic hydroxyl groups is 2. The van der Waals surface area contributed by atoms with Gasteiger partial charge in [0, 0.05) is 38.6 Å². The van der Waals surface area contributed by atoms with Gasteiger partial charge in [0.25, 0.3) is 0 Å². The normalized spacial score (nSPS) is 25.6. The molecular weight excluding hydrogens is 340 g/mol. The third-order valence-electron chi connectivity index (χ3n) is 6.09. The molecule has 146 valence electrons. The summed E-state index contributed by atoms with van der Waals surface area (Å²) >= 11 is 0. The molecule has 6 heteroatoms. The fourth-order valence-electron chi connectivity index (χ4n) is 4.52. The molecule has 3 N–H and O–H groups in total. The molecule has 4 rings (SSSR count). The standard InChI is InChI=1S/C21H30N4O2/c26-20(8-3-1-2-4-9-20)14-22-15-21(27)10-13-25(16-21)18-7-12-23-17-6-5-11-24-19(17)18/h5-7,11-12,22,26-27H,1-4,8-10,13-16H2. The number of β-amino-alcohol motifs (C(OH)–C–C–N with tert-alkyl or cyclic N) is 1. The Morgan fingerprint density at radius 1 is 0.926 bits per heavy atom. The maximum Gasteiger partial charge on any atom is 0.112 e. The van der Waals surface area contributed by atoms with E-state index >= 15 is 0 Å². The molecule has 6 nitrogen and oxygen atoms in total. The first-order chi connectivity index (χ1) is 13.1. The molecule has 2 aromatic rings. The molecule has 1 atom stereocenters. The van der Waals surface area contributed by atoms with Crippen molar-refractivity contribution in [3.05, 3.63) is 30.6 Å². The van der Waals surface area contributed by atoms with Crippen LogP contribution in [-0.4, -0.2) is 57.6 Å². The SMILES string of the molecule is OC1(CNCC2(O)CCN(c3ccnc4cccnc34)C2)CCCCCC1. The van der Waals surface area contributed by atoms with Gasteiger partial charge in [-0.2, -0.15) is 0 Å². The van der Waals surface area contributed by atoms with E-state index in [9.17, 15) is 10.2 Å². The lowest BCUT2D eigenvalue weighted by Crippen LogP contribution is -2.48. The first-order valence-electron chi connectivity index (χ1n) is 10.2. The fourth-order valence-corrected chi connectivity index (χ4v) is 4.52. The van der Waals surface area contributed by atoms with Crippen LogP contribution in [0.5, 0.6) is 0 Å². The summed E-state index contributed by atoms with van der Waals surface area (Å²) in [6.45, 7) is 2.42. The highest BCUT2D eigenvalue weighted by Crippen LogP contribution is 2.31. The van der Waals surface area contributed by atoms with Crippen molar-refractivity contribution in [3.63, 3.8) is 0 Å². The van der Waals surface area contributed by atoms with E-state index in [2.05, 4.69) is 20.2 Å². The maximum absolute atomic E-state index is 11.0. The zero-order valence-corrected chi connectivity index (χ0v) is 15.9. The number of aromatic nitrogens is 2. The van der Waals surface area contributed by atoms with Crippen molar-refractivity contribution in [2.75, 3.05) is 31.1 Å². The molecule has 0 aromatic carbocycles. The second kappa shape index (κ2) is 7.70. The minimum atomic E-state index is -0.786. The number of rotatable bonds is 5. The first kappa shape index (κ1) is 18.6. The van der Waals surface area contributed by atoms with Gasteiger partial charge in [-0.3, -0.25) is 9.97 Å². The number of fused-ring (bicyclic) bond motifs is 1. The van der Waals surface area contributed by atoms with Gasteiger partial charge in [-0.1, -0.05) is 25.7 Å². The first-order valence-corrected chi connectivity index (χ1v) is 10.2. The molecule has 3 heterocycles. The summed E-state index contributed by atoms with van der Waals surface area (Å²) in [6.07, 6.45) is 10.6. The van der Waals surface area contributed by atoms with E-state index in [1.807, 2.05) is 18.2 Å². The van der Waals surface area contributed by atoms with Crippen LogP contribution >= 0.6 is 0 Å². The van der Waals surface area contributed by atoms with Gasteiger partial charge in [-0.15, -0.1) is 0 Å². The van der Waals surface area contributed by atoms with E-state index in [-0.39, 0.29) is 0 Å². The van der Waals surface area contributed by atoms with Gasteiger partial charge in [0.15, 0.2) is 0 Å². The van der Waals surface area contributed by atoms with Gasteiger partial charge >= 0.3 is 0 Å². The highest BCUT2D eigenvalue weighted by atomic mass is 16.3. The quantitative estimate of drug-likeness (QED) is 0.701. The van der Waals surface area contributed by atoms with Crippen LogP contribution in [0.25, 0.3) is 11.0 Å². The predicted octanol–water partition coefficient (Wildman–Crippen LogP) is 2.25. The Morgan fingerprint density at radius 2 is 1.70 bits per heavy atom. The summed E-state index contributed by atoms with van der Waals surface area (Å²) < 4.78 is 0. The zero-order valence-electron chi connectivity index (χ0n) is 15.9. The molecule has 0 radical (unpaired) electrons. The molecule has 0 bridgehead atoms. The van der Waals surface area contributed by atoms with Gasteiger partial charge in [0.1, 0.15) is 5.52 Å². The lowest BCUT2D eigenvalue weighted by Gasteiger charge is -2.30. The van der Waals surface area contributed by atoms with Crippen molar-refractivity contribution in [1.29, 1.82) is 0 Å². The smallest absolute Gasteiger partial charge is 0.112 e. The molecule has 1 unspecified atom stereocenters. The Labute approximate surface area is 160 Å². The molecule has 1 aliphatic heterocycles. The van der Waals surface area contributed by atoms with E-state index in [1.54, 1.807) is 12.4 Å². The summed E-state index contributed by atoms with van der Waals surface area (Å²) in [4.78, 5) is 11.0. The average molecular weight is 370 g/mol. The molecule has 1 saturated heterocycles. The molecule has 2 aromatic heterocycles. The molecule has 0 amide bonds. The minimum absolute atomic E-state index is 0.502. The van der Waals surface area contributed by atoms with Crippen molar-refractivity contribution >= 4 is 16.7 Å². The molecular formula is C21H30N4O2. The van der Waals surface area contributed by atoms with E-state index in [1.165, 1.54) is 12.8 Å². The van der Waals surface area contributed by atoms with E-state index in [4.69, 9.17) is 0 Å². The Morgan fingerprint density at radius 3 is 2.52 bits per heavy atom. The number of hydrogen-bond donors (Lipinski definition) is 3. The average Bonchev–Trinajstić information content (AvgIpc) is 2.92. The van der Waals surface area contributed by atoms with Crippen LogP contribution in [0.4, 0.5) is 5.69 Å². The van der Waals surface area contributed by atoms with Crippen LogP contribution in [0, 0.1) is 0 Å².